The van der Waals surface area contributed by atoms with Crippen LogP contribution in [0.15, 0.2) is 41.8 Å². The largest absolute Gasteiger partial charge is 0.376 e. The number of H-pyrrole nitrogens is 1. The molecule has 1 spiro atoms. The third-order valence-corrected chi connectivity index (χ3v) is 8.22. The van der Waals surface area contributed by atoms with E-state index < -0.39 is 23.7 Å². The van der Waals surface area contributed by atoms with Crippen molar-refractivity contribution < 1.29 is 14.7 Å². The van der Waals surface area contributed by atoms with Crippen LogP contribution in [-0.2, 0) is 10.2 Å². The van der Waals surface area contributed by atoms with Crippen molar-refractivity contribution in [3.8, 4) is 6.07 Å². The van der Waals surface area contributed by atoms with Gasteiger partial charge in [-0.1, -0.05) is 32.0 Å². The maximum atomic E-state index is 13.4. The maximum absolute atomic E-state index is 13.4. The summed E-state index contributed by atoms with van der Waals surface area (Å²) < 4.78 is 1.000. The van der Waals surface area contributed by atoms with Gasteiger partial charge < -0.3 is 20.3 Å². The number of aliphatic hydroxyl groups is 1. The molecule has 2 aliphatic rings. The van der Waals surface area contributed by atoms with Gasteiger partial charge in [-0.15, -0.1) is 11.3 Å². The Labute approximate surface area is 208 Å². The van der Waals surface area contributed by atoms with Crippen LogP contribution in [0.5, 0.6) is 0 Å². The van der Waals surface area contributed by atoms with Crippen LogP contribution < -0.4 is 5.32 Å². The third kappa shape index (κ3) is 3.82. The number of nitriles is 1. The summed E-state index contributed by atoms with van der Waals surface area (Å²) in [6, 6.07) is 12.4. The number of thiophene rings is 1. The molecule has 3 aromatic rings. The standard InChI is InChI=1S/C26H29N5O3S/c1-15(2)10-21(30(3)23(32)20-11-22-19(28-20)8-9-35-22)24(33)31-14-26(12-16(31)13-27)17-6-4-5-7-18(17)29-25(26)34/h4-9,11,15-16,21,24,28,33H,10,12,14H2,1-3H3,(H,29,34)/t16-,21-,24?,26-/m0/s1. The van der Waals surface area contributed by atoms with Gasteiger partial charge in [0, 0.05) is 19.3 Å². The van der Waals surface area contributed by atoms with Crippen molar-refractivity contribution in [1.82, 2.24) is 14.8 Å². The number of amides is 2. The lowest BCUT2D eigenvalue weighted by molar-refractivity contribution is -0.121. The minimum absolute atomic E-state index is 0.148. The fourth-order valence-electron chi connectivity index (χ4n) is 5.55. The number of nitrogens with one attached hydrogen (secondary N) is 2. The molecule has 1 unspecified atom stereocenters. The Hall–Kier alpha value is -3.19. The quantitative estimate of drug-likeness (QED) is 0.488. The summed E-state index contributed by atoms with van der Waals surface area (Å²) in [6.07, 6.45) is -0.266. The highest BCUT2D eigenvalue weighted by molar-refractivity contribution is 7.17. The number of fused-ring (bicyclic) bond motifs is 3. The first-order valence-electron chi connectivity index (χ1n) is 11.8. The number of carbonyl (C=O) groups excluding carboxylic acids is 2. The summed E-state index contributed by atoms with van der Waals surface area (Å²) in [4.78, 5) is 33.0. The third-order valence-electron chi connectivity index (χ3n) is 7.35. The van der Waals surface area contributed by atoms with Crippen LogP contribution in [0.2, 0.25) is 0 Å². The molecule has 4 heterocycles. The number of aromatic amines is 1. The lowest BCUT2D eigenvalue weighted by atomic mass is 9.80. The second-order valence-electron chi connectivity index (χ2n) is 10.0. The van der Waals surface area contributed by atoms with E-state index in [1.807, 2.05) is 55.6 Å². The molecule has 3 N–H and O–H groups in total. The van der Waals surface area contributed by atoms with Gasteiger partial charge in [0.1, 0.15) is 18.0 Å². The van der Waals surface area contributed by atoms with E-state index in [1.54, 1.807) is 28.2 Å². The van der Waals surface area contributed by atoms with Crippen molar-refractivity contribution in [2.45, 2.75) is 50.4 Å². The van der Waals surface area contributed by atoms with Gasteiger partial charge in [0.05, 0.1) is 27.7 Å². The van der Waals surface area contributed by atoms with Crippen LogP contribution in [-0.4, -0.2) is 63.6 Å². The molecule has 0 saturated carbocycles. The summed E-state index contributed by atoms with van der Waals surface area (Å²) >= 11 is 1.56. The molecule has 4 atom stereocenters. The molecule has 1 saturated heterocycles. The van der Waals surface area contributed by atoms with E-state index in [1.165, 1.54) is 0 Å². The number of rotatable bonds is 6. The van der Waals surface area contributed by atoms with Gasteiger partial charge >= 0.3 is 0 Å². The second-order valence-corrected chi connectivity index (χ2v) is 11.0. The highest BCUT2D eigenvalue weighted by Crippen LogP contribution is 2.47. The van der Waals surface area contributed by atoms with E-state index in [-0.39, 0.29) is 24.3 Å². The number of likely N-dealkylation sites (tertiary alicyclic amines) is 1. The molecule has 2 aromatic heterocycles. The predicted molar refractivity (Wildman–Crippen MR) is 135 cm³/mol. The molecule has 1 aromatic carbocycles. The second kappa shape index (κ2) is 8.79. The van der Waals surface area contributed by atoms with Crippen molar-refractivity contribution in [3.63, 3.8) is 0 Å². The Kier molecular flexibility index (Phi) is 5.91. The lowest BCUT2D eigenvalue weighted by Crippen LogP contribution is -2.54. The van der Waals surface area contributed by atoms with E-state index >= 15 is 0 Å². The van der Waals surface area contributed by atoms with Crippen molar-refractivity contribution in [1.29, 1.82) is 5.26 Å². The Morgan fingerprint density at radius 1 is 1.37 bits per heavy atom. The monoisotopic (exact) mass is 491 g/mol. The fraction of sp³-hybridized carbons (Fsp3) is 0.423. The fourth-order valence-corrected chi connectivity index (χ4v) is 6.34. The Bertz CT molecular complexity index is 1300. The van der Waals surface area contributed by atoms with Gasteiger partial charge in [0.2, 0.25) is 5.91 Å². The molecule has 182 valence electrons. The first kappa shape index (κ1) is 23.5. The summed E-state index contributed by atoms with van der Waals surface area (Å²) in [5.74, 6) is -0.168. The first-order chi connectivity index (χ1) is 16.7. The van der Waals surface area contributed by atoms with E-state index in [4.69, 9.17) is 0 Å². The zero-order valence-electron chi connectivity index (χ0n) is 20.0. The molecule has 35 heavy (non-hydrogen) atoms. The molecular weight excluding hydrogens is 462 g/mol. The molecule has 0 radical (unpaired) electrons. The summed E-state index contributed by atoms with van der Waals surface area (Å²) in [5, 5.41) is 26.5. The number of hydrogen-bond acceptors (Lipinski definition) is 6. The summed E-state index contributed by atoms with van der Waals surface area (Å²) in [6.45, 7) is 4.29. The van der Waals surface area contributed by atoms with Crippen molar-refractivity contribution in [3.05, 3.63) is 53.0 Å². The predicted octanol–water partition coefficient (Wildman–Crippen LogP) is 3.52. The average Bonchev–Trinajstić information content (AvgIpc) is 3.59. The molecule has 5 rings (SSSR count). The number of aromatic nitrogens is 1. The highest BCUT2D eigenvalue weighted by atomic mass is 32.1. The van der Waals surface area contributed by atoms with Crippen LogP contribution in [0.3, 0.4) is 0 Å². The Morgan fingerprint density at radius 3 is 2.86 bits per heavy atom. The Balaban J connectivity index is 1.45. The number of nitrogens with zero attached hydrogens (tertiary/aromatic N) is 3. The van der Waals surface area contributed by atoms with Gasteiger partial charge in [0.25, 0.3) is 5.91 Å². The number of carbonyl (C=O) groups is 2. The SMILES string of the molecule is CC(C)C[C@@H](C(O)N1C[C@]2(C[C@H]1C#N)C(=O)Nc1ccccc12)N(C)C(=O)c1cc2sccc2[nH]1. The van der Waals surface area contributed by atoms with Crippen LogP contribution >= 0.6 is 11.3 Å². The molecule has 2 amide bonds. The number of hydrogen-bond donors (Lipinski definition) is 3. The zero-order chi connectivity index (χ0) is 24.9. The van der Waals surface area contributed by atoms with E-state index in [0.29, 0.717) is 18.5 Å². The van der Waals surface area contributed by atoms with Gasteiger partial charge in [-0.25, -0.2) is 0 Å². The van der Waals surface area contributed by atoms with Gasteiger partial charge in [-0.05, 0) is 47.9 Å². The minimum Gasteiger partial charge on any atom is -0.376 e. The van der Waals surface area contributed by atoms with Crippen molar-refractivity contribution >= 4 is 39.1 Å². The van der Waals surface area contributed by atoms with Gasteiger partial charge in [-0.3, -0.25) is 14.5 Å². The van der Waals surface area contributed by atoms with E-state index in [2.05, 4.69) is 16.4 Å². The van der Waals surface area contributed by atoms with Crippen LogP contribution in [0.25, 0.3) is 10.2 Å². The van der Waals surface area contributed by atoms with Gasteiger partial charge in [-0.2, -0.15) is 5.26 Å². The topological polar surface area (TPSA) is 112 Å². The van der Waals surface area contributed by atoms with Crippen LogP contribution in [0.1, 0.15) is 42.7 Å². The van der Waals surface area contributed by atoms with Crippen molar-refractivity contribution in [2.24, 2.45) is 5.92 Å². The molecule has 1 fully saturated rings. The lowest BCUT2D eigenvalue weighted by Gasteiger charge is -2.38. The normalized spacial score (nSPS) is 23.4. The summed E-state index contributed by atoms with van der Waals surface area (Å²) in [5.41, 5.74) is 2.09. The minimum atomic E-state index is -1.10. The number of benzene rings is 1. The molecule has 8 nitrogen and oxygen atoms in total. The number of anilines is 1. The zero-order valence-corrected chi connectivity index (χ0v) is 20.8. The van der Waals surface area contributed by atoms with Gasteiger partial charge in [0.15, 0.2) is 0 Å². The van der Waals surface area contributed by atoms with Crippen molar-refractivity contribution in [2.75, 3.05) is 18.9 Å². The molecule has 2 aliphatic heterocycles. The van der Waals surface area contributed by atoms with E-state index in [9.17, 15) is 20.0 Å². The van der Waals surface area contributed by atoms with Crippen LogP contribution in [0, 0.1) is 17.2 Å². The maximum Gasteiger partial charge on any atom is 0.270 e. The Morgan fingerprint density at radius 2 is 2.14 bits per heavy atom. The molecule has 0 aliphatic carbocycles. The number of likely N-dealkylation sites (N-methyl/N-ethyl adjacent to an activating group) is 1. The number of aliphatic hydroxyl groups excluding tert-OH is 1. The molecular formula is C26H29N5O3S. The average molecular weight is 492 g/mol. The molecule has 9 heteroatoms. The molecule has 0 bridgehead atoms. The highest BCUT2D eigenvalue weighted by Gasteiger charge is 2.56. The van der Waals surface area contributed by atoms with Crippen LogP contribution in [0.4, 0.5) is 5.69 Å². The van der Waals surface area contributed by atoms with E-state index in [0.717, 1.165) is 21.5 Å². The summed E-state index contributed by atoms with van der Waals surface area (Å²) in [7, 11) is 1.69. The smallest absolute Gasteiger partial charge is 0.270 e. The number of para-hydroxylation sites is 1. The first-order valence-corrected chi connectivity index (χ1v) is 12.7.